The lowest BCUT2D eigenvalue weighted by atomic mass is 10.1. The summed E-state index contributed by atoms with van der Waals surface area (Å²) in [6, 6.07) is 14.3. The number of nitrogens with one attached hydrogen (secondary N) is 1. The Kier molecular flexibility index (Phi) is 3.79. The van der Waals surface area contributed by atoms with Gasteiger partial charge >= 0.3 is 0 Å². The van der Waals surface area contributed by atoms with E-state index in [0.29, 0.717) is 0 Å². The Morgan fingerprint density at radius 1 is 1.14 bits per heavy atom. The van der Waals surface area contributed by atoms with Crippen LogP contribution in [0.4, 0.5) is 0 Å². The zero-order valence-corrected chi connectivity index (χ0v) is 12.2. The highest BCUT2D eigenvalue weighted by atomic mass is 15.3. The fourth-order valence-electron chi connectivity index (χ4n) is 2.42. The number of aromatic nitrogens is 3. The summed E-state index contributed by atoms with van der Waals surface area (Å²) in [5.74, 6) is 0.844. The van der Waals surface area contributed by atoms with Crippen molar-refractivity contribution in [2.45, 2.75) is 13.5 Å². The molecule has 3 aromatic rings. The first-order valence-corrected chi connectivity index (χ1v) is 6.99. The largest absolute Gasteiger partial charge is 0.316 e. The first-order chi connectivity index (χ1) is 10.3. The summed E-state index contributed by atoms with van der Waals surface area (Å²) in [5.41, 5.74) is 4.56. The van der Waals surface area contributed by atoms with Crippen LogP contribution in [0.15, 0.2) is 54.9 Å². The molecular formula is C17H18N4. The van der Waals surface area contributed by atoms with Crippen LogP contribution in [0.3, 0.4) is 0 Å². The molecule has 106 valence electrons. The Bertz CT molecular complexity index is 732. The second-order valence-electron chi connectivity index (χ2n) is 5.02. The maximum Gasteiger partial charge on any atom is 0.154 e. The van der Waals surface area contributed by atoms with Gasteiger partial charge in [0, 0.05) is 23.9 Å². The molecule has 0 atom stereocenters. The lowest BCUT2D eigenvalue weighted by molar-refractivity contribution is 0.817. The van der Waals surface area contributed by atoms with E-state index in [1.165, 1.54) is 5.56 Å². The number of rotatable bonds is 4. The second kappa shape index (κ2) is 5.89. The van der Waals surface area contributed by atoms with Crippen LogP contribution < -0.4 is 5.32 Å². The van der Waals surface area contributed by atoms with Crippen molar-refractivity contribution in [3.05, 3.63) is 66.0 Å². The van der Waals surface area contributed by atoms with Crippen molar-refractivity contribution >= 4 is 0 Å². The Hall–Kier alpha value is -2.46. The number of aryl methyl sites for hydroxylation is 1. The number of hydrogen-bond acceptors (Lipinski definition) is 3. The summed E-state index contributed by atoms with van der Waals surface area (Å²) in [6.07, 6.45) is 3.72. The van der Waals surface area contributed by atoms with Crippen molar-refractivity contribution < 1.29 is 0 Å². The molecule has 4 heteroatoms. The lowest BCUT2D eigenvalue weighted by Crippen LogP contribution is -2.07. The molecule has 0 aliphatic rings. The highest BCUT2D eigenvalue weighted by Crippen LogP contribution is 2.26. The third-order valence-corrected chi connectivity index (χ3v) is 3.38. The van der Waals surface area contributed by atoms with Gasteiger partial charge < -0.3 is 5.32 Å². The Morgan fingerprint density at radius 2 is 1.95 bits per heavy atom. The molecule has 0 bridgehead atoms. The minimum Gasteiger partial charge on any atom is -0.316 e. The second-order valence-corrected chi connectivity index (χ2v) is 5.02. The molecule has 0 fully saturated rings. The van der Waals surface area contributed by atoms with Crippen molar-refractivity contribution in [1.29, 1.82) is 0 Å². The van der Waals surface area contributed by atoms with E-state index in [1.54, 1.807) is 0 Å². The fourth-order valence-corrected chi connectivity index (χ4v) is 2.42. The lowest BCUT2D eigenvalue weighted by Gasteiger charge is -2.10. The molecule has 0 spiro atoms. The highest BCUT2D eigenvalue weighted by Gasteiger charge is 2.14. The van der Waals surface area contributed by atoms with Crippen LogP contribution >= 0.6 is 0 Å². The summed E-state index contributed by atoms with van der Waals surface area (Å²) < 4.78 is 1.91. The molecule has 0 aliphatic carbocycles. The number of benzene rings is 1. The molecule has 0 aliphatic heterocycles. The molecule has 0 amide bonds. The molecule has 2 heterocycles. The Morgan fingerprint density at radius 3 is 2.67 bits per heavy atom. The average Bonchev–Trinajstić information content (AvgIpc) is 2.92. The van der Waals surface area contributed by atoms with Crippen molar-refractivity contribution in [3.8, 4) is 17.1 Å². The van der Waals surface area contributed by atoms with Gasteiger partial charge in [0.05, 0.1) is 11.9 Å². The van der Waals surface area contributed by atoms with Crippen LogP contribution in [-0.2, 0) is 6.54 Å². The van der Waals surface area contributed by atoms with E-state index < -0.39 is 0 Å². The average molecular weight is 278 g/mol. The summed E-state index contributed by atoms with van der Waals surface area (Å²) in [4.78, 5) is 4.45. The van der Waals surface area contributed by atoms with E-state index in [-0.39, 0.29) is 0 Å². The van der Waals surface area contributed by atoms with Crippen LogP contribution in [0.5, 0.6) is 0 Å². The highest BCUT2D eigenvalue weighted by molar-refractivity contribution is 5.65. The first kappa shape index (κ1) is 13.5. The van der Waals surface area contributed by atoms with Gasteiger partial charge in [0.25, 0.3) is 0 Å². The van der Waals surface area contributed by atoms with Crippen LogP contribution in [0.1, 0.15) is 11.1 Å². The van der Waals surface area contributed by atoms with E-state index in [4.69, 9.17) is 0 Å². The van der Waals surface area contributed by atoms with Gasteiger partial charge in [-0.2, -0.15) is 5.10 Å². The van der Waals surface area contributed by atoms with E-state index in [9.17, 15) is 0 Å². The third-order valence-electron chi connectivity index (χ3n) is 3.38. The van der Waals surface area contributed by atoms with Crippen LogP contribution in [0.2, 0.25) is 0 Å². The molecule has 1 N–H and O–H groups in total. The molecular weight excluding hydrogens is 260 g/mol. The van der Waals surface area contributed by atoms with Crippen LogP contribution in [0.25, 0.3) is 17.1 Å². The maximum absolute atomic E-state index is 4.54. The quantitative estimate of drug-likeness (QED) is 0.798. The predicted octanol–water partition coefficient (Wildman–Crippen LogP) is 2.96. The zero-order chi connectivity index (χ0) is 14.7. The molecule has 1 aromatic carbocycles. The zero-order valence-electron chi connectivity index (χ0n) is 12.2. The van der Waals surface area contributed by atoms with E-state index in [2.05, 4.69) is 34.5 Å². The molecule has 3 rings (SSSR count). The monoisotopic (exact) mass is 278 g/mol. The summed E-state index contributed by atoms with van der Waals surface area (Å²) in [5, 5.41) is 7.73. The van der Waals surface area contributed by atoms with Crippen LogP contribution in [-0.4, -0.2) is 21.8 Å². The van der Waals surface area contributed by atoms with Crippen molar-refractivity contribution in [1.82, 2.24) is 20.1 Å². The number of pyridine rings is 1. The summed E-state index contributed by atoms with van der Waals surface area (Å²) >= 11 is 0. The van der Waals surface area contributed by atoms with Gasteiger partial charge in [-0.3, -0.25) is 0 Å². The number of nitrogens with zero attached hydrogens (tertiary/aromatic N) is 3. The van der Waals surface area contributed by atoms with Gasteiger partial charge in [-0.05, 0) is 31.7 Å². The molecule has 0 saturated heterocycles. The van der Waals surface area contributed by atoms with Gasteiger partial charge in [0.2, 0.25) is 0 Å². The predicted molar refractivity (Wildman–Crippen MR) is 84.3 cm³/mol. The third kappa shape index (κ3) is 2.71. The van der Waals surface area contributed by atoms with Crippen molar-refractivity contribution in [2.75, 3.05) is 7.05 Å². The molecule has 0 radical (unpaired) electrons. The maximum atomic E-state index is 4.54. The normalized spacial score (nSPS) is 10.8. The topological polar surface area (TPSA) is 42.7 Å². The van der Waals surface area contributed by atoms with Gasteiger partial charge in [-0.1, -0.05) is 30.3 Å². The van der Waals surface area contributed by atoms with E-state index in [0.717, 1.165) is 29.2 Å². The molecule has 4 nitrogen and oxygen atoms in total. The Balaban J connectivity index is 2.18. The molecule has 21 heavy (non-hydrogen) atoms. The minimum atomic E-state index is 0.774. The fraction of sp³-hybridized carbons (Fsp3) is 0.176. The standard InChI is InChI=1S/C17H18N4/c1-13-8-9-19-16(10-13)21-17(14-6-4-3-5-7-14)15(11-18-2)12-20-21/h3-10,12,18H,11H2,1-2H3. The Labute approximate surface area is 124 Å². The summed E-state index contributed by atoms with van der Waals surface area (Å²) in [6.45, 7) is 2.83. The van der Waals surface area contributed by atoms with Crippen molar-refractivity contribution in [2.24, 2.45) is 0 Å². The van der Waals surface area contributed by atoms with Crippen LogP contribution in [0, 0.1) is 6.92 Å². The molecule has 0 unspecified atom stereocenters. The van der Waals surface area contributed by atoms with E-state index >= 15 is 0 Å². The SMILES string of the molecule is CNCc1cnn(-c2cc(C)ccn2)c1-c1ccccc1. The van der Waals surface area contributed by atoms with Gasteiger partial charge in [0.15, 0.2) is 5.82 Å². The van der Waals surface area contributed by atoms with Crippen molar-refractivity contribution in [3.63, 3.8) is 0 Å². The van der Waals surface area contributed by atoms with Gasteiger partial charge in [0.1, 0.15) is 0 Å². The molecule has 2 aromatic heterocycles. The van der Waals surface area contributed by atoms with E-state index in [1.807, 2.05) is 54.5 Å². The van der Waals surface area contributed by atoms with Gasteiger partial charge in [-0.25, -0.2) is 9.67 Å². The summed E-state index contributed by atoms with van der Waals surface area (Å²) in [7, 11) is 1.94. The van der Waals surface area contributed by atoms with Gasteiger partial charge in [-0.15, -0.1) is 0 Å². The first-order valence-electron chi connectivity index (χ1n) is 6.99. The number of hydrogen-bond donors (Lipinski definition) is 1. The minimum absolute atomic E-state index is 0.774. The smallest absolute Gasteiger partial charge is 0.154 e. The molecule has 0 saturated carbocycles.